The van der Waals surface area contributed by atoms with E-state index in [1.807, 2.05) is 49.4 Å². The van der Waals surface area contributed by atoms with Crippen LogP contribution in [0.5, 0.6) is 0 Å². The molecule has 3 rings (SSSR count). The van der Waals surface area contributed by atoms with Crippen LogP contribution in [-0.4, -0.2) is 30.0 Å². The van der Waals surface area contributed by atoms with Gasteiger partial charge in [-0.3, -0.25) is 14.9 Å². The van der Waals surface area contributed by atoms with E-state index in [-0.39, 0.29) is 17.2 Å². The number of benzene rings is 3. The Labute approximate surface area is 173 Å². The molecule has 7 nitrogen and oxygen atoms in total. The number of hydrogen-bond donors (Lipinski definition) is 0. The van der Waals surface area contributed by atoms with Crippen LogP contribution in [-0.2, 0) is 14.3 Å². The minimum Gasteiger partial charge on any atom is -0.452 e. The van der Waals surface area contributed by atoms with Crippen molar-refractivity contribution in [3.63, 3.8) is 0 Å². The predicted molar refractivity (Wildman–Crippen MR) is 115 cm³/mol. The van der Waals surface area contributed by atoms with Gasteiger partial charge in [0.05, 0.1) is 16.2 Å². The maximum absolute atomic E-state index is 12.7. The van der Waals surface area contributed by atoms with Gasteiger partial charge in [0.1, 0.15) is 0 Å². The lowest BCUT2D eigenvalue weighted by Gasteiger charge is -2.22. The normalized spacial score (nSPS) is 10.8. The van der Waals surface area contributed by atoms with Gasteiger partial charge in [0.15, 0.2) is 6.61 Å². The number of esters is 1. The van der Waals surface area contributed by atoms with Gasteiger partial charge < -0.3 is 9.64 Å². The summed E-state index contributed by atoms with van der Waals surface area (Å²) in [6.07, 6.45) is 2.37. The minimum absolute atomic E-state index is 0.120. The first-order chi connectivity index (χ1) is 14.5. The highest BCUT2D eigenvalue weighted by Crippen LogP contribution is 2.26. The fraction of sp³-hybridized carbons (Fsp3) is 0.130. The molecule has 0 aromatic heterocycles. The zero-order valence-electron chi connectivity index (χ0n) is 16.4. The highest BCUT2D eigenvalue weighted by molar-refractivity contribution is 6.04. The topological polar surface area (TPSA) is 89.8 Å². The molecule has 0 unspecified atom stereocenters. The molecule has 0 saturated heterocycles. The Morgan fingerprint density at radius 1 is 1.03 bits per heavy atom. The number of nitro groups is 1. The van der Waals surface area contributed by atoms with Crippen LogP contribution in [0.1, 0.15) is 12.5 Å². The lowest BCUT2D eigenvalue weighted by atomic mass is 10.1. The van der Waals surface area contributed by atoms with Gasteiger partial charge in [0, 0.05) is 24.1 Å². The number of carbonyl (C=O) groups is 2. The number of ether oxygens (including phenoxy) is 1. The zero-order valence-corrected chi connectivity index (χ0v) is 16.4. The first kappa shape index (κ1) is 20.7. The van der Waals surface area contributed by atoms with Crippen LogP contribution in [0.15, 0.2) is 72.8 Å². The zero-order chi connectivity index (χ0) is 21.5. The summed E-state index contributed by atoms with van der Waals surface area (Å²) in [5.74, 6) is -1.11. The third-order valence-corrected chi connectivity index (χ3v) is 4.55. The van der Waals surface area contributed by atoms with E-state index in [1.54, 1.807) is 17.0 Å². The molecule has 0 spiro atoms. The van der Waals surface area contributed by atoms with Crippen molar-refractivity contribution in [2.75, 3.05) is 18.1 Å². The molecule has 7 heteroatoms. The predicted octanol–water partition coefficient (Wildman–Crippen LogP) is 4.36. The average Bonchev–Trinajstić information content (AvgIpc) is 2.77. The second-order valence-electron chi connectivity index (χ2n) is 6.39. The van der Waals surface area contributed by atoms with E-state index in [4.69, 9.17) is 4.74 Å². The second kappa shape index (κ2) is 9.47. The van der Waals surface area contributed by atoms with Gasteiger partial charge in [-0.2, -0.15) is 0 Å². The molecule has 0 aliphatic heterocycles. The molecule has 30 heavy (non-hydrogen) atoms. The van der Waals surface area contributed by atoms with Crippen molar-refractivity contribution in [2.24, 2.45) is 0 Å². The summed E-state index contributed by atoms with van der Waals surface area (Å²) < 4.78 is 5.06. The summed E-state index contributed by atoms with van der Waals surface area (Å²) in [5.41, 5.74) is 0.898. The Kier molecular flexibility index (Phi) is 6.54. The summed E-state index contributed by atoms with van der Waals surface area (Å²) in [7, 11) is 0. The van der Waals surface area contributed by atoms with Crippen molar-refractivity contribution < 1.29 is 19.2 Å². The third-order valence-electron chi connectivity index (χ3n) is 4.55. The molecule has 0 fully saturated rings. The summed E-state index contributed by atoms with van der Waals surface area (Å²) >= 11 is 0. The Morgan fingerprint density at radius 3 is 2.50 bits per heavy atom. The molecule has 0 N–H and O–H groups in total. The summed E-state index contributed by atoms with van der Waals surface area (Å²) in [5, 5.41) is 13.0. The number of likely N-dealkylation sites (N-methyl/N-ethyl adjacent to an activating group) is 1. The Balaban J connectivity index is 1.68. The van der Waals surface area contributed by atoms with E-state index in [0.29, 0.717) is 6.54 Å². The highest BCUT2D eigenvalue weighted by atomic mass is 16.6. The van der Waals surface area contributed by atoms with Crippen molar-refractivity contribution in [3.8, 4) is 0 Å². The number of hydrogen-bond acceptors (Lipinski definition) is 5. The van der Waals surface area contributed by atoms with Crippen LogP contribution < -0.4 is 4.90 Å². The van der Waals surface area contributed by atoms with Crippen LogP contribution in [0.3, 0.4) is 0 Å². The van der Waals surface area contributed by atoms with Crippen LogP contribution in [0.4, 0.5) is 11.4 Å². The van der Waals surface area contributed by atoms with E-state index in [0.717, 1.165) is 22.5 Å². The lowest BCUT2D eigenvalue weighted by molar-refractivity contribution is -0.385. The number of rotatable bonds is 7. The molecule has 3 aromatic carbocycles. The first-order valence-corrected chi connectivity index (χ1v) is 9.37. The van der Waals surface area contributed by atoms with E-state index in [2.05, 4.69) is 0 Å². The molecule has 0 saturated carbocycles. The molecule has 152 valence electrons. The van der Waals surface area contributed by atoms with Crippen molar-refractivity contribution in [2.45, 2.75) is 6.92 Å². The Bertz CT molecular complexity index is 1120. The standard InChI is InChI=1S/C23H20N2O5/c1-2-24(21-13-7-10-17-8-3-5-11-19(17)21)22(26)16-30-23(27)15-14-18-9-4-6-12-20(18)25(28)29/h3-15H,2,16H2,1H3/b15-14+. The summed E-state index contributed by atoms with van der Waals surface area (Å²) in [4.78, 5) is 36.7. The SMILES string of the molecule is CCN(C(=O)COC(=O)/C=C/c1ccccc1[N+](=O)[O-])c1cccc2ccccc12. The lowest BCUT2D eigenvalue weighted by Crippen LogP contribution is -2.34. The number of para-hydroxylation sites is 1. The summed E-state index contributed by atoms with van der Waals surface area (Å²) in [6, 6.07) is 19.4. The average molecular weight is 404 g/mol. The van der Waals surface area contributed by atoms with Crippen LogP contribution in [0.25, 0.3) is 16.8 Å². The monoisotopic (exact) mass is 404 g/mol. The quantitative estimate of drug-likeness (QED) is 0.253. The van der Waals surface area contributed by atoms with Gasteiger partial charge in [-0.25, -0.2) is 4.79 Å². The van der Waals surface area contributed by atoms with E-state index in [9.17, 15) is 19.7 Å². The Morgan fingerprint density at radius 2 is 1.73 bits per heavy atom. The van der Waals surface area contributed by atoms with E-state index in [1.165, 1.54) is 18.2 Å². The highest BCUT2D eigenvalue weighted by Gasteiger charge is 2.17. The van der Waals surface area contributed by atoms with Crippen molar-refractivity contribution >= 4 is 40.1 Å². The molecule has 3 aromatic rings. The molecular formula is C23H20N2O5. The molecule has 0 aliphatic rings. The third kappa shape index (κ3) is 4.70. The fourth-order valence-electron chi connectivity index (χ4n) is 3.14. The van der Waals surface area contributed by atoms with Crippen molar-refractivity contribution in [1.82, 2.24) is 0 Å². The molecule has 0 atom stereocenters. The van der Waals surface area contributed by atoms with Gasteiger partial charge >= 0.3 is 5.97 Å². The Hall–Kier alpha value is -4.00. The van der Waals surface area contributed by atoms with E-state index >= 15 is 0 Å². The van der Waals surface area contributed by atoms with Gasteiger partial charge in [0.25, 0.3) is 11.6 Å². The van der Waals surface area contributed by atoms with Crippen LogP contribution in [0, 0.1) is 10.1 Å². The maximum Gasteiger partial charge on any atom is 0.331 e. The minimum atomic E-state index is -0.754. The number of anilines is 1. The number of nitro benzene ring substituents is 1. The smallest absolute Gasteiger partial charge is 0.331 e. The van der Waals surface area contributed by atoms with E-state index < -0.39 is 17.5 Å². The first-order valence-electron chi connectivity index (χ1n) is 9.37. The number of amides is 1. The number of fused-ring (bicyclic) bond motifs is 1. The number of nitrogens with zero attached hydrogens (tertiary/aromatic N) is 2. The molecule has 0 heterocycles. The van der Waals surface area contributed by atoms with Crippen LogP contribution >= 0.6 is 0 Å². The van der Waals surface area contributed by atoms with Crippen molar-refractivity contribution in [1.29, 1.82) is 0 Å². The molecule has 0 aliphatic carbocycles. The van der Waals surface area contributed by atoms with Gasteiger partial charge in [-0.05, 0) is 30.5 Å². The number of carbonyl (C=O) groups excluding carboxylic acids is 2. The molecule has 0 radical (unpaired) electrons. The van der Waals surface area contributed by atoms with Gasteiger partial charge in [-0.1, -0.05) is 48.5 Å². The molecule has 0 bridgehead atoms. The van der Waals surface area contributed by atoms with Crippen molar-refractivity contribution in [3.05, 3.63) is 88.5 Å². The molecular weight excluding hydrogens is 384 g/mol. The molecule has 1 amide bonds. The van der Waals surface area contributed by atoms with Gasteiger partial charge in [-0.15, -0.1) is 0 Å². The largest absolute Gasteiger partial charge is 0.452 e. The fourth-order valence-corrected chi connectivity index (χ4v) is 3.14. The van der Waals surface area contributed by atoms with Gasteiger partial charge in [0.2, 0.25) is 0 Å². The summed E-state index contributed by atoms with van der Waals surface area (Å²) in [6.45, 7) is 1.82. The van der Waals surface area contributed by atoms with Crippen LogP contribution in [0.2, 0.25) is 0 Å². The second-order valence-corrected chi connectivity index (χ2v) is 6.39. The maximum atomic E-state index is 12.7.